The third-order valence-corrected chi connectivity index (χ3v) is 6.27. The second kappa shape index (κ2) is 13.5. The Labute approximate surface area is 243 Å². The average Bonchev–Trinajstić information content (AvgIpc) is 2.90. The van der Waals surface area contributed by atoms with Gasteiger partial charge in [-0.2, -0.15) is 18.3 Å². The van der Waals surface area contributed by atoms with E-state index in [1.54, 1.807) is 6.07 Å². The van der Waals surface area contributed by atoms with Gasteiger partial charge in [-0.25, -0.2) is 5.43 Å². The summed E-state index contributed by atoms with van der Waals surface area (Å²) < 4.78 is 49.8. The number of ether oxygens (including phenoxy) is 2. The molecule has 0 aliphatic rings. The average molecular weight is 662 g/mol. The Morgan fingerprint density at radius 3 is 2.45 bits per heavy atom. The maximum Gasteiger partial charge on any atom is 0.416 e. The van der Waals surface area contributed by atoms with Crippen LogP contribution in [0.5, 0.6) is 11.5 Å². The Hall–Kier alpha value is -3.81. The molecule has 210 valence electrons. The molecule has 3 aromatic rings. The van der Waals surface area contributed by atoms with Gasteiger partial charge < -0.3 is 20.1 Å². The van der Waals surface area contributed by atoms with Crippen LogP contribution in [0.25, 0.3) is 0 Å². The second-order valence-electron chi connectivity index (χ2n) is 7.70. The first-order valence-corrected chi connectivity index (χ1v) is 12.5. The minimum Gasteiger partial charge on any atom is -0.493 e. The van der Waals surface area contributed by atoms with E-state index in [1.165, 1.54) is 49.7 Å². The molecule has 0 aliphatic carbocycles. The van der Waals surface area contributed by atoms with Crippen LogP contribution < -0.4 is 25.5 Å². The Bertz CT molecular complexity index is 1470. The molecule has 0 heterocycles. The summed E-state index contributed by atoms with van der Waals surface area (Å²) in [5.74, 6) is -2.53. The number of amides is 3. The maximum atomic E-state index is 12.9. The fourth-order valence-electron chi connectivity index (χ4n) is 3.06. The van der Waals surface area contributed by atoms with Crippen LogP contribution in [0.15, 0.2) is 64.2 Å². The van der Waals surface area contributed by atoms with Gasteiger partial charge in [-0.15, -0.1) is 0 Å². The molecule has 0 saturated heterocycles. The number of nitrogens with one attached hydrogen (secondary N) is 3. The predicted molar refractivity (Wildman–Crippen MR) is 147 cm³/mol. The minimum absolute atomic E-state index is 0.0487. The highest BCUT2D eigenvalue weighted by atomic mass is 79.9. The molecule has 0 aromatic heterocycles. The highest BCUT2D eigenvalue weighted by Crippen LogP contribution is 2.36. The molecule has 3 N–H and O–H groups in total. The molecule has 0 saturated carbocycles. The van der Waals surface area contributed by atoms with E-state index in [0.29, 0.717) is 10.0 Å². The number of nitrogens with zero attached hydrogens (tertiary/aromatic N) is 1. The lowest BCUT2D eigenvalue weighted by molar-refractivity contribution is -0.137. The topological polar surface area (TPSA) is 118 Å². The number of benzene rings is 3. The number of halogens is 6. The molecule has 15 heteroatoms. The first-order chi connectivity index (χ1) is 18.9. The number of hydrazone groups is 1. The molecule has 3 amide bonds. The number of methoxy groups -OCH3 is 1. The summed E-state index contributed by atoms with van der Waals surface area (Å²) in [6, 6.07) is 11.7. The molecule has 40 heavy (non-hydrogen) atoms. The number of rotatable bonds is 8. The smallest absolute Gasteiger partial charge is 0.416 e. The lowest BCUT2D eigenvalue weighted by Crippen LogP contribution is -2.32. The molecule has 0 radical (unpaired) electrons. The Kier molecular flexibility index (Phi) is 10.4. The molecule has 9 nitrogen and oxygen atoms in total. The van der Waals surface area contributed by atoms with Gasteiger partial charge >= 0.3 is 18.0 Å². The molecular formula is C25H18BrCl2F3N4O5. The molecular weight excluding hydrogens is 644 g/mol. The van der Waals surface area contributed by atoms with Crippen molar-refractivity contribution < 1.29 is 37.0 Å². The van der Waals surface area contributed by atoms with Crippen LogP contribution in [0, 0.1) is 0 Å². The predicted octanol–water partition coefficient (Wildman–Crippen LogP) is 5.89. The zero-order chi connectivity index (χ0) is 29.4. The number of carbonyl (C=O) groups excluding carboxylic acids is 3. The van der Waals surface area contributed by atoms with E-state index in [-0.39, 0.29) is 32.9 Å². The van der Waals surface area contributed by atoms with Crippen LogP contribution in [-0.2, 0) is 20.6 Å². The summed E-state index contributed by atoms with van der Waals surface area (Å²) in [7, 11) is 1.34. The summed E-state index contributed by atoms with van der Waals surface area (Å²) in [5, 5.41) is 8.64. The molecule has 3 aromatic carbocycles. The third-order valence-electron chi connectivity index (χ3n) is 4.86. The summed E-state index contributed by atoms with van der Waals surface area (Å²) in [6.45, 7) is -0.541. The van der Waals surface area contributed by atoms with E-state index in [2.05, 4.69) is 37.1 Å². The highest BCUT2D eigenvalue weighted by Gasteiger charge is 2.30. The monoisotopic (exact) mass is 660 g/mol. The van der Waals surface area contributed by atoms with E-state index in [4.69, 9.17) is 32.7 Å². The quantitative estimate of drug-likeness (QED) is 0.158. The minimum atomic E-state index is -4.55. The maximum absolute atomic E-state index is 12.9. The first-order valence-electron chi connectivity index (χ1n) is 10.9. The number of alkyl halides is 3. The van der Waals surface area contributed by atoms with Gasteiger partial charge in [0.2, 0.25) is 0 Å². The number of hydrogen-bond acceptors (Lipinski definition) is 6. The number of carbonyl (C=O) groups is 3. The van der Waals surface area contributed by atoms with E-state index in [9.17, 15) is 27.6 Å². The lowest BCUT2D eigenvalue weighted by atomic mass is 10.2. The largest absolute Gasteiger partial charge is 0.493 e. The van der Waals surface area contributed by atoms with Crippen molar-refractivity contribution in [1.82, 2.24) is 5.43 Å². The number of hydrogen-bond donors (Lipinski definition) is 3. The summed E-state index contributed by atoms with van der Waals surface area (Å²) in [6.07, 6.45) is -3.34. The standard InChI is InChI=1S/C25H18BrCl2F3N4O5/c1-39-19-9-13(11-32-35-24(38)23(37)34-18-7-3-6-17(27)21(18)28)8-16(26)22(19)40-12-20(36)33-15-5-2-4-14(10-15)25(29,30)31/h2-11H,12H2,1H3,(H,33,36)(H,34,37)(H,35,38)/b32-11-. The van der Waals surface area contributed by atoms with Gasteiger partial charge in [0, 0.05) is 5.69 Å². The van der Waals surface area contributed by atoms with Crippen LogP contribution in [0.4, 0.5) is 24.5 Å². The number of anilines is 2. The third kappa shape index (κ3) is 8.34. The van der Waals surface area contributed by atoms with Gasteiger partial charge in [-0.05, 0) is 64.0 Å². The van der Waals surface area contributed by atoms with Gasteiger partial charge in [0.1, 0.15) is 0 Å². The van der Waals surface area contributed by atoms with Crippen molar-refractivity contribution in [3.05, 3.63) is 80.2 Å². The van der Waals surface area contributed by atoms with Crippen LogP contribution >= 0.6 is 39.1 Å². The van der Waals surface area contributed by atoms with Crippen molar-refractivity contribution in [2.45, 2.75) is 6.18 Å². The van der Waals surface area contributed by atoms with Crippen molar-refractivity contribution in [3.63, 3.8) is 0 Å². The van der Waals surface area contributed by atoms with Crippen LogP contribution in [0.3, 0.4) is 0 Å². The van der Waals surface area contributed by atoms with E-state index >= 15 is 0 Å². The van der Waals surface area contributed by atoms with Gasteiger partial charge in [-0.3, -0.25) is 14.4 Å². The van der Waals surface area contributed by atoms with E-state index in [1.807, 2.05) is 0 Å². The van der Waals surface area contributed by atoms with E-state index in [0.717, 1.165) is 12.1 Å². The van der Waals surface area contributed by atoms with Crippen LogP contribution in [0.2, 0.25) is 10.0 Å². The van der Waals surface area contributed by atoms with Gasteiger partial charge in [0.15, 0.2) is 18.1 Å². The van der Waals surface area contributed by atoms with Crippen molar-refractivity contribution in [2.24, 2.45) is 5.10 Å². The molecule has 0 aliphatic heterocycles. The molecule has 0 unspecified atom stereocenters. The van der Waals surface area contributed by atoms with Gasteiger partial charge in [-0.1, -0.05) is 35.3 Å². The molecule has 0 fully saturated rings. The van der Waals surface area contributed by atoms with Gasteiger partial charge in [0.05, 0.1) is 39.1 Å². The summed E-state index contributed by atoms with van der Waals surface area (Å²) in [4.78, 5) is 36.4. The Morgan fingerprint density at radius 1 is 1.02 bits per heavy atom. The lowest BCUT2D eigenvalue weighted by Gasteiger charge is -2.14. The van der Waals surface area contributed by atoms with Crippen molar-refractivity contribution in [3.8, 4) is 11.5 Å². The molecule has 0 bridgehead atoms. The first kappa shape index (κ1) is 30.7. The fraction of sp³-hybridized carbons (Fsp3) is 0.120. The molecule has 0 atom stereocenters. The molecule has 0 spiro atoms. The zero-order valence-electron chi connectivity index (χ0n) is 20.2. The van der Waals surface area contributed by atoms with Crippen LogP contribution in [0.1, 0.15) is 11.1 Å². The van der Waals surface area contributed by atoms with Crippen molar-refractivity contribution in [1.29, 1.82) is 0 Å². The Balaban J connectivity index is 1.60. The zero-order valence-corrected chi connectivity index (χ0v) is 23.3. The van der Waals surface area contributed by atoms with Crippen molar-refractivity contribution >= 4 is 74.4 Å². The van der Waals surface area contributed by atoms with Crippen molar-refractivity contribution in [2.75, 3.05) is 24.4 Å². The Morgan fingerprint density at radius 2 is 1.75 bits per heavy atom. The second-order valence-corrected chi connectivity index (χ2v) is 9.34. The highest BCUT2D eigenvalue weighted by molar-refractivity contribution is 9.10. The van der Waals surface area contributed by atoms with Crippen LogP contribution in [-0.4, -0.2) is 37.7 Å². The summed E-state index contributed by atoms with van der Waals surface area (Å²) in [5.41, 5.74) is 1.66. The summed E-state index contributed by atoms with van der Waals surface area (Å²) >= 11 is 15.1. The normalized spacial score (nSPS) is 11.2. The fourth-order valence-corrected chi connectivity index (χ4v) is 3.98. The molecule has 3 rings (SSSR count). The van der Waals surface area contributed by atoms with E-state index < -0.39 is 36.1 Å². The van der Waals surface area contributed by atoms with Gasteiger partial charge in [0.25, 0.3) is 5.91 Å². The SMILES string of the molecule is COc1cc(/C=N\NC(=O)C(=O)Nc2cccc(Cl)c2Cl)cc(Br)c1OCC(=O)Nc1cccc(C(F)(F)F)c1.